The molecule has 0 fully saturated rings. The largest absolute Gasteiger partial charge is 0.456 e. The minimum absolute atomic E-state index is 0.245. The van der Waals surface area contributed by atoms with E-state index in [9.17, 15) is 0 Å². The van der Waals surface area contributed by atoms with Gasteiger partial charge in [-0.3, -0.25) is 4.98 Å². The molecule has 0 N–H and O–H groups in total. The first-order valence-corrected chi connectivity index (χ1v) is 10.6. The Kier molecular flexibility index (Phi) is 3.66. The van der Waals surface area contributed by atoms with Crippen LogP contribution in [0.3, 0.4) is 0 Å². The summed E-state index contributed by atoms with van der Waals surface area (Å²) in [4.78, 5) is 4.55. The van der Waals surface area contributed by atoms with Crippen molar-refractivity contribution in [1.82, 2.24) is 4.98 Å². The number of hydrogen-bond donors (Lipinski definition) is 0. The van der Waals surface area contributed by atoms with E-state index in [1.54, 1.807) is 0 Å². The van der Waals surface area contributed by atoms with Gasteiger partial charge in [-0.25, -0.2) is 0 Å². The van der Waals surface area contributed by atoms with E-state index in [-0.39, 0.29) is 5.56 Å². The third kappa shape index (κ3) is 3.17. The van der Waals surface area contributed by atoms with Gasteiger partial charge in [0.2, 0.25) is 0 Å². The van der Waals surface area contributed by atoms with Crippen molar-refractivity contribution in [3.8, 4) is 33.5 Å². The molecule has 2 heterocycles. The molecule has 0 bridgehead atoms. The molecule has 0 aliphatic heterocycles. The normalized spacial score (nSPS) is 13.1. The second kappa shape index (κ2) is 7.51. The highest BCUT2D eigenvalue weighted by atomic mass is 16.3. The standard InChI is InChI=1S/C30H21NO/c1-20-19-31-28(18-25(20)22-10-6-3-7-11-22)24-13-15-30-27(17-24)26-16-23(12-14-29(26)32-30)21-8-4-2-5-9-21/h2-19H,1H3/i1D3. The molecule has 152 valence electrons. The number of benzene rings is 4. The topological polar surface area (TPSA) is 26.0 Å². The predicted molar refractivity (Wildman–Crippen MR) is 133 cm³/mol. The Balaban J connectivity index is 1.51. The summed E-state index contributed by atoms with van der Waals surface area (Å²) in [6.07, 6.45) is 1.48. The highest BCUT2D eigenvalue weighted by Crippen LogP contribution is 2.35. The van der Waals surface area contributed by atoms with Gasteiger partial charge in [0, 0.05) is 26.6 Å². The molecule has 32 heavy (non-hydrogen) atoms. The zero-order chi connectivity index (χ0) is 24.0. The number of nitrogens with zero attached hydrogens (tertiary/aromatic N) is 1. The maximum absolute atomic E-state index is 7.99. The summed E-state index contributed by atoms with van der Waals surface area (Å²) in [7, 11) is 0. The Morgan fingerprint density at radius 3 is 1.94 bits per heavy atom. The Morgan fingerprint density at radius 1 is 0.625 bits per heavy atom. The number of pyridine rings is 1. The van der Waals surface area contributed by atoms with Crippen LogP contribution < -0.4 is 0 Å². The molecule has 0 saturated carbocycles. The highest BCUT2D eigenvalue weighted by Gasteiger charge is 2.12. The van der Waals surface area contributed by atoms with Gasteiger partial charge in [0.15, 0.2) is 0 Å². The summed E-state index contributed by atoms with van der Waals surface area (Å²) in [5, 5.41) is 2.03. The maximum atomic E-state index is 7.99. The second-order valence-electron chi connectivity index (χ2n) is 7.87. The maximum Gasteiger partial charge on any atom is 0.135 e. The Morgan fingerprint density at radius 2 is 1.25 bits per heavy atom. The average molecular weight is 415 g/mol. The first kappa shape index (κ1) is 15.6. The molecular weight excluding hydrogens is 390 g/mol. The van der Waals surface area contributed by atoms with Crippen LogP contribution in [-0.2, 0) is 0 Å². The van der Waals surface area contributed by atoms with Crippen molar-refractivity contribution in [2.45, 2.75) is 6.85 Å². The van der Waals surface area contributed by atoms with Crippen LogP contribution in [-0.4, -0.2) is 4.98 Å². The zero-order valence-electron chi connectivity index (χ0n) is 20.2. The molecule has 2 aromatic heterocycles. The minimum atomic E-state index is -2.25. The van der Waals surface area contributed by atoms with Gasteiger partial charge < -0.3 is 4.42 Å². The molecule has 0 atom stereocenters. The summed E-state index contributed by atoms with van der Waals surface area (Å²) in [5.74, 6) is 0. The summed E-state index contributed by atoms with van der Waals surface area (Å²) < 4.78 is 30.1. The van der Waals surface area contributed by atoms with E-state index in [2.05, 4.69) is 35.3 Å². The fraction of sp³-hybridized carbons (Fsp3) is 0.0333. The van der Waals surface area contributed by atoms with Crippen molar-refractivity contribution in [1.29, 1.82) is 0 Å². The lowest BCUT2D eigenvalue weighted by Crippen LogP contribution is -1.89. The van der Waals surface area contributed by atoms with Crippen LogP contribution in [0.5, 0.6) is 0 Å². The quantitative estimate of drug-likeness (QED) is 0.291. The lowest BCUT2D eigenvalue weighted by molar-refractivity contribution is 0.669. The Bertz CT molecular complexity index is 1670. The highest BCUT2D eigenvalue weighted by molar-refractivity contribution is 6.07. The number of furan rings is 1. The molecule has 6 aromatic rings. The lowest BCUT2D eigenvalue weighted by atomic mass is 9.98. The summed E-state index contributed by atoms with van der Waals surface area (Å²) >= 11 is 0. The van der Waals surface area contributed by atoms with Crippen LogP contribution >= 0.6 is 0 Å². The first-order valence-electron chi connectivity index (χ1n) is 12.1. The molecule has 0 spiro atoms. The zero-order valence-corrected chi connectivity index (χ0v) is 17.2. The van der Waals surface area contributed by atoms with Gasteiger partial charge in [0.25, 0.3) is 0 Å². The van der Waals surface area contributed by atoms with E-state index in [0.29, 0.717) is 11.3 Å². The monoisotopic (exact) mass is 414 g/mol. The van der Waals surface area contributed by atoms with Gasteiger partial charge in [-0.2, -0.15) is 0 Å². The third-order valence-corrected chi connectivity index (χ3v) is 5.86. The molecule has 6 rings (SSSR count). The van der Waals surface area contributed by atoms with Crippen molar-refractivity contribution in [2.75, 3.05) is 0 Å². The Labute approximate surface area is 191 Å². The SMILES string of the molecule is [2H]C([2H])([2H])c1cnc(-c2ccc3oc4ccc(-c5ccccc5)cc4c3c2)cc1-c1ccccc1. The smallest absolute Gasteiger partial charge is 0.135 e. The van der Waals surface area contributed by atoms with Gasteiger partial charge in [-0.1, -0.05) is 66.7 Å². The second-order valence-corrected chi connectivity index (χ2v) is 7.87. The molecule has 2 nitrogen and oxygen atoms in total. The van der Waals surface area contributed by atoms with Crippen LogP contribution in [0, 0.1) is 6.85 Å². The molecule has 0 amide bonds. The van der Waals surface area contributed by atoms with Crippen LogP contribution in [0.15, 0.2) is 114 Å². The van der Waals surface area contributed by atoms with Crippen LogP contribution in [0.1, 0.15) is 9.68 Å². The van der Waals surface area contributed by atoms with Crippen molar-refractivity contribution in [3.63, 3.8) is 0 Å². The van der Waals surface area contributed by atoms with E-state index < -0.39 is 6.85 Å². The molecule has 0 aliphatic rings. The van der Waals surface area contributed by atoms with Crippen LogP contribution in [0.25, 0.3) is 55.4 Å². The molecule has 0 aliphatic carbocycles. The minimum Gasteiger partial charge on any atom is -0.456 e. The van der Waals surface area contributed by atoms with Crippen molar-refractivity contribution < 1.29 is 8.53 Å². The van der Waals surface area contributed by atoms with E-state index in [4.69, 9.17) is 8.53 Å². The van der Waals surface area contributed by atoms with Crippen LogP contribution in [0.4, 0.5) is 0 Å². The van der Waals surface area contributed by atoms with Gasteiger partial charge in [0.1, 0.15) is 11.2 Å². The first-order chi connectivity index (χ1) is 17.0. The number of aryl methyl sites for hydroxylation is 1. The molecule has 0 radical (unpaired) electrons. The summed E-state index contributed by atoms with van der Waals surface area (Å²) in [6.45, 7) is -2.25. The van der Waals surface area contributed by atoms with E-state index >= 15 is 0 Å². The van der Waals surface area contributed by atoms with Gasteiger partial charge in [-0.15, -0.1) is 0 Å². The molecular formula is C30H21NO. The Hall–Kier alpha value is -4.17. The number of rotatable bonds is 3. The average Bonchev–Trinajstić information content (AvgIpc) is 3.26. The van der Waals surface area contributed by atoms with Crippen molar-refractivity contribution >= 4 is 21.9 Å². The molecule has 4 aromatic carbocycles. The van der Waals surface area contributed by atoms with Gasteiger partial charge in [0.05, 0.1) is 5.69 Å². The summed E-state index contributed by atoms with van der Waals surface area (Å²) in [6, 6.07) is 33.9. The van der Waals surface area contributed by atoms with Gasteiger partial charge >= 0.3 is 0 Å². The van der Waals surface area contributed by atoms with E-state index in [0.717, 1.165) is 44.2 Å². The van der Waals surface area contributed by atoms with E-state index in [1.165, 1.54) is 6.20 Å². The van der Waals surface area contributed by atoms with E-state index in [1.807, 2.05) is 72.8 Å². The number of aromatic nitrogens is 1. The predicted octanol–water partition coefficient (Wildman–Crippen LogP) is 8.29. The molecule has 2 heteroatoms. The third-order valence-electron chi connectivity index (χ3n) is 5.86. The van der Waals surface area contributed by atoms with Crippen molar-refractivity contribution in [3.05, 3.63) is 115 Å². The van der Waals surface area contributed by atoms with Crippen molar-refractivity contribution in [2.24, 2.45) is 0 Å². The number of hydrogen-bond acceptors (Lipinski definition) is 2. The molecule has 0 unspecified atom stereocenters. The lowest BCUT2D eigenvalue weighted by Gasteiger charge is -2.09. The molecule has 0 saturated heterocycles. The fourth-order valence-electron chi connectivity index (χ4n) is 4.22. The van der Waals surface area contributed by atoms with Gasteiger partial charge in [-0.05, 0) is 71.1 Å². The fourth-order valence-corrected chi connectivity index (χ4v) is 4.22. The number of fused-ring (bicyclic) bond motifs is 3. The van der Waals surface area contributed by atoms with Crippen LogP contribution in [0.2, 0.25) is 0 Å². The summed E-state index contributed by atoms with van der Waals surface area (Å²) in [5.41, 5.74) is 7.28.